The fourth-order valence-electron chi connectivity index (χ4n) is 5.09. The van der Waals surface area contributed by atoms with Crippen LogP contribution in [0.2, 0.25) is 0 Å². The SMILES string of the molecule is CCC[C@H](C)c1nc(N2CCCN(C(=O)c3ccccc3F)CC2)c2c(C)nn(-c3ccc(F)cc3)c2n1. The van der Waals surface area contributed by atoms with E-state index >= 15 is 0 Å². The summed E-state index contributed by atoms with van der Waals surface area (Å²) >= 11 is 0. The van der Waals surface area contributed by atoms with Crippen molar-refractivity contribution in [2.24, 2.45) is 0 Å². The van der Waals surface area contributed by atoms with E-state index in [1.807, 2.05) is 6.92 Å². The van der Waals surface area contributed by atoms with Gasteiger partial charge in [-0.05, 0) is 56.2 Å². The molecule has 9 heteroatoms. The third-order valence-electron chi connectivity index (χ3n) is 7.12. The van der Waals surface area contributed by atoms with Crippen LogP contribution in [0.15, 0.2) is 48.5 Å². The standard InChI is InChI=1S/C29H32F2N6O/c1-4-8-19(2)26-32-27(25-20(3)34-37(28(25)33-26)22-13-11-21(30)12-14-22)35-15-7-16-36(18-17-35)29(38)23-9-5-6-10-24(23)31/h5-6,9-14,19H,4,7-8,15-18H2,1-3H3/t19-/m0/s1. The molecule has 0 unspecified atom stereocenters. The molecule has 4 aromatic rings. The number of carbonyl (C=O) groups excluding carboxylic acids is 1. The Balaban J connectivity index is 1.53. The number of carbonyl (C=O) groups is 1. The second-order valence-corrected chi connectivity index (χ2v) is 9.88. The Kier molecular flexibility index (Phi) is 7.35. The van der Waals surface area contributed by atoms with Gasteiger partial charge >= 0.3 is 0 Å². The van der Waals surface area contributed by atoms with E-state index in [1.54, 1.807) is 33.8 Å². The highest BCUT2D eigenvalue weighted by atomic mass is 19.1. The number of nitrogens with zero attached hydrogens (tertiary/aromatic N) is 6. The van der Waals surface area contributed by atoms with Crippen molar-refractivity contribution in [1.82, 2.24) is 24.6 Å². The molecule has 1 atom stereocenters. The monoisotopic (exact) mass is 518 g/mol. The molecule has 2 aromatic heterocycles. The minimum absolute atomic E-state index is 0.0949. The minimum Gasteiger partial charge on any atom is -0.354 e. The third-order valence-corrected chi connectivity index (χ3v) is 7.12. The Hall–Kier alpha value is -3.88. The van der Waals surface area contributed by atoms with Gasteiger partial charge in [-0.3, -0.25) is 4.79 Å². The van der Waals surface area contributed by atoms with Crippen molar-refractivity contribution in [2.75, 3.05) is 31.1 Å². The van der Waals surface area contributed by atoms with Gasteiger partial charge in [-0.1, -0.05) is 32.4 Å². The summed E-state index contributed by atoms with van der Waals surface area (Å²) in [6.45, 7) is 8.41. The van der Waals surface area contributed by atoms with Crippen molar-refractivity contribution in [3.8, 4) is 5.69 Å². The number of rotatable bonds is 6. The van der Waals surface area contributed by atoms with Gasteiger partial charge in [0.05, 0.1) is 22.3 Å². The van der Waals surface area contributed by atoms with Crippen molar-refractivity contribution in [1.29, 1.82) is 0 Å². The molecule has 0 N–H and O–H groups in total. The number of fused-ring (bicyclic) bond motifs is 1. The molecule has 1 amide bonds. The predicted molar refractivity (Wildman–Crippen MR) is 144 cm³/mol. The lowest BCUT2D eigenvalue weighted by atomic mass is 10.1. The highest BCUT2D eigenvalue weighted by molar-refractivity contribution is 5.95. The summed E-state index contributed by atoms with van der Waals surface area (Å²) in [7, 11) is 0. The molecule has 7 nitrogen and oxygen atoms in total. The van der Waals surface area contributed by atoms with Gasteiger partial charge in [0.1, 0.15) is 23.3 Å². The smallest absolute Gasteiger partial charge is 0.256 e. The minimum atomic E-state index is -0.505. The first-order valence-corrected chi connectivity index (χ1v) is 13.2. The molecular weight excluding hydrogens is 486 g/mol. The lowest BCUT2D eigenvalue weighted by Gasteiger charge is -2.24. The summed E-state index contributed by atoms with van der Waals surface area (Å²) < 4.78 is 29.7. The van der Waals surface area contributed by atoms with E-state index < -0.39 is 5.82 Å². The van der Waals surface area contributed by atoms with Crippen LogP contribution in [-0.4, -0.2) is 56.7 Å². The maximum Gasteiger partial charge on any atom is 0.256 e. The molecule has 0 spiro atoms. The Labute approximate surface area is 221 Å². The number of anilines is 1. The summed E-state index contributed by atoms with van der Waals surface area (Å²) in [4.78, 5) is 27.0. The van der Waals surface area contributed by atoms with Crippen LogP contribution in [0.3, 0.4) is 0 Å². The maximum atomic E-state index is 14.3. The van der Waals surface area contributed by atoms with E-state index in [2.05, 4.69) is 18.7 Å². The van der Waals surface area contributed by atoms with Crippen molar-refractivity contribution in [3.63, 3.8) is 0 Å². The van der Waals surface area contributed by atoms with E-state index in [9.17, 15) is 13.6 Å². The van der Waals surface area contributed by atoms with Gasteiger partial charge in [0.15, 0.2) is 5.65 Å². The molecule has 0 aliphatic carbocycles. The molecule has 1 fully saturated rings. The summed E-state index contributed by atoms with van der Waals surface area (Å²) in [5.41, 5.74) is 2.27. The van der Waals surface area contributed by atoms with Crippen LogP contribution in [0, 0.1) is 18.6 Å². The molecule has 38 heavy (non-hydrogen) atoms. The highest BCUT2D eigenvalue weighted by Gasteiger charge is 2.27. The largest absolute Gasteiger partial charge is 0.354 e. The first-order valence-electron chi connectivity index (χ1n) is 13.2. The molecule has 0 saturated carbocycles. The first-order chi connectivity index (χ1) is 18.4. The summed E-state index contributed by atoms with van der Waals surface area (Å²) in [6.07, 6.45) is 2.67. The fourth-order valence-corrected chi connectivity index (χ4v) is 5.09. The second-order valence-electron chi connectivity index (χ2n) is 9.88. The van der Waals surface area contributed by atoms with E-state index in [0.29, 0.717) is 31.8 Å². The number of benzene rings is 2. The lowest BCUT2D eigenvalue weighted by Crippen LogP contribution is -2.36. The molecule has 1 aliphatic rings. The molecule has 3 heterocycles. The molecule has 1 aliphatic heterocycles. The number of aryl methyl sites for hydroxylation is 1. The average Bonchev–Trinajstić information content (AvgIpc) is 3.08. The Morgan fingerprint density at radius 2 is 1.76 bits per heavy atom. The number of hydrogen-bond donors (Lipinski definition) is 0. The first kappa shape index (κ1) is 25.8. The topological polar surface area (TPSA) is 67.2 Å². The summed E-state index contributed by atoms with van der Waals surface area (Å²) in [5, 5.41) is 5.61. The van der Waals surface area contributed by atoms with Crippen LogP contribution in [0.5, 0.6) is 0 Å². The summed E-state index contributed by atoms with van der Waals surface area (Å²) in [6, 6.07) is 12.3. The molecule has 198 valence electrons. The Morgan fingerprint density at radius 3 is 2.50 bits per heavy atom. The molecule has 0 bridgehead atoms. The van der Waals surface area contributed by atoms with Crippen LogP contribution >= 0.6 is 0 Å². The zero-order chi connectivity index (χ0) is 26.8. The van der Waals surface area contributed by atoms with Gasteiger partial charge in [-0.15, -0.1) is 0 Å². The third kappa shape index (κ3) is 4.97. The quantitative estimate of drug-likeness (QED) is 0.330. The number of hydrogen-bond acceptors (Lipinski definition) is 5. The van der Waals surface area contributed by atoms with Gasteiger partial charge in [0, 0.05) is 32.1 Å². The van der Waals surface area contributed by atoms with Gasteiger partial charge in [0.25, 0.3) is 5.91 Å². The number of halogens is 2. The van der Waals surface area contributed by atoms with E-state index in [4.69, 9.17) is 15.1 Å². The van der Waals surface area contributed by atoms with E-state index in [1.165, 1.54) is 24.3 Å². The highest BCUT2D eigenvalue weighted by Crippen LogP contribution is 2.32. The molecule has 5 rings (SSSR count). The fraction of sp³-hybridized carbons (Fsp3) is 0.379. The zero-order valence-corrected chi connectivity index (χ0v) is 22.0. The maximum absolute atomic E-state index is 14.3. The van der Waals surface area contributed by atoms with Crippen LogP contribution in [0.25, 0.3) is 16.7 Å². The molecule has 0 radical (unpaired) electrons. The van der Waals surface area contributed by atoms with E-state index in [-0.39, 0.29) is 23.2 Å². The second kappa shape index (κ2) is 10.8. The van der Waals surface area contributed by atoms with E-state index in [0.717, 1.165) is 47.7 Å². The van der Waals surface area contributed by atoms with Gasteiger partial charge < -0.3 is 9.80 Å². The Bertz CT molecular complexity index is 1450. The van der Waals surface area contributed by atoms with Crippen molar-refractivity contribution >= 4 is 22.8 Å². The van der Waals surface area contributed by atoms with Crippen LogP contribution in [-0.2, 0) is 0 Å². The van der Waals surface area contributed by atoms with Crippen molar-refractivity contribution < 1.29 is 13.6 Å². The van der Waals surface area contributed by atoms with Gasteiger partial charge in [0.2, 0.25) is 0 Å². The van der Waals surface area contributed by atoms with Gasteiger partial charge in [-0.25, -0.2) is 23.4 Å². The number of amides is 1. The van der Waals surface area contributed by atoms with Crippen molar-refractivity contribution in [3.05, 3.63) is 77.2 Å². The van der Waals surface area contributed by atoms with Crippen molar-refractivity contribution in [2.45, 2.75) is 46.0 Å². The van der Waals surface area contributed by atoms with Gasteiger partial charge in [-0.2, -0.15) is 5.10 Å². The normalized spacial score (nSPS) is 15.1. The Morgan fingerprint density at radius 1 is 1.00 bits per heavy atom. The molecule has 2 aromatic carbocycles. The van der Waals surface area contributed by atoms with Crippen LogP contribution in [0.4, 0.5) is 14.6 Å². The molecule has 1 saturated heterocycles. The summed E-state index contributed by atoms with van der Waals surface area (Å²) in [5.74, 6) is 0.560. The molecular formula is C29H32F2N6O. The van der Waals surface area contributed by atoms with Crippen LogP contribution in [0.1, 0.15) is 60.9 Å². The lowest BCUT2D eigenvalue weighted by molar-refractivity contribution is 0.0762. The zero-order valence-electron chi connectivity index (χ0n) is 22.0. The number of aromatic nitrogens is 4. The predicted octanol–water partition coefficient (Wildman–Crippen LogP) is 5.66. The van der Waals surface area contributed by atoms with Crippen LogP contribution < -0.4 is 4.90 Å². The average molecular weight is 519 g/mol.